The smallest absolute Gasteiger partial charge is 0.369 e. The molecule has 6 nitrogen and oxygen atoms in total. The molecule has 0 saturated carbocycles. The fourth-order valence-corrected chi connectivity index (χ4v) is 6.36. The van der Waals surface area contributed by atoms with E-state index in [9.17, 15) is 44.3 Å². The van der Waals surface area contributed by atoms with Crippen molar-refractivity contribution in [3.05, 3.63) is 90.0 Å². The van der Waals surface area contributed by atoms with E-state index in [-0.39, 0.29) is 35.4 Å². The average molecular weight is 578 g/mol. The molecule has 1 atom stereocenters. The Labute approximate surface area is 219 Å². The summed E-state index contributed by atoms with van der Waals surface area (Å²) in [5, 5.41) is 14.0. The molecular weight excluding hydrogens is 555 g/mol. The predicted molar refractivity (Wildman–Crippen MR) is 127 cm³/mol. The molecule has 0 fully saturated rings. The van der Waals surface area contributed by atoms with E-state index in [1.165, 1.54) is 6.20 Å². The lowest BCUT2D eigenvalue weighted by Crippen LogP contribution is -2.54. The summed E-state index contributed by atoms with van der Waals surface area (Å²) in [5.74, 6) is -0.707. The lowest BCUT2D eigenvalue weighted by atomic mass is 9.87. The molecule has 0 radical (unpaired) electrons. The molecule has 0 saturated heterocycles. The zero-order valence-corrected chi connectivity index (χ0v) is 20.9. The zero-order chi connectivity index (χ0) is 28.8. The topological polar surface area (TPSA) is 75.4 Å². The van der Waals surface area contributed by atoms with Crippen LogP contribution in [0.3, 0.4) is 0 Å². The number of benzene rings is 2. The number of aliphatic hydroxyl groups is 1. The number of alkyl halides is 6. The van der Waals surface area contributed by atoms with Gasteiger partial charge in [0, 0.05) is 23.9 Å². The van der Waals surface area contributed by atoms with Gasteiger partial charge >= 0.3 is 12.4 Å². The molecule has 1 aromatic heterocycles. The first-order valence-electron chi connectivity index (χ1n) is 11.5. The number of hydrogen-bond donors (Lipinski definition) is 1. The highest BCUT2D eigenvalue weighted by atomic mass is 32.2. The van der Waals surface area contributed by atoms with Crippen LogP contribution in [0, 0.1) is 5.82 Å². The monoisotopic (exact) mass is 577 g/mol. The number of rotatable bonds is 7. The first-order valence-corrected chi connectivity index (χ1v) is 13.0. The minimum Gasteiger partial charge on any atom is -0.369 e. The van der Waals surface area contributed by atoms with Gasteiger partial charge in [0.15, 0.2) is 0 Å². The number of anilines is 1. The number of sulfonamides is 1. The van der Waals surface area contributed by atoms with Crippen LogP contribution in [0.1, 0.15) is 23.2 Å². The Kier molecular flexibility index (Phi) is 7.32. The van der Waals surface area contributed by atoms with Crippen LogP contribution >= 0.6 is 0 Å². The van der Waals surface area contributed by atoms with E-state index in [2.05, 4.69) is 11.7 Å². The predicted octanol–water partition coefficient (Wildman–Crippen LogP) is 5.27. The van der Waals surface area contributed by atoms with E-state index in [4.69, 9.17) is 0 Å². The fourth-order valence-electron chi connectivity index (χ4n) is 4.64. The zero-order valence-electron chi connectivity index (χ0n) is 20.0. The van der Waals surface area contributed by atoms with Crippen LogP contribution in [0.15, 0.2) is 72.3 Å². The maximum absolute atomic E-state index is 13.8. The molecule has 39 heavy (non-hydrogen) atoms. The third kappa shape index (κ3) is 5.02. The highest BCUT2D eigenvalue weighted by Gasteiger charge is 2.71. The molecule has 1 aliphatic rings. The van der Waals surface area contributed by atoms with Crippen LogP contribution in [0.5, 0.6) is 0 Å². The summed E-state index contributed by atoms with van der Waals surface area (Å²) in [5.41, 5.74) is -6.32. The largest absolute Gasteiger partial charge is 0.430 e. The third-order valence-electron chi connectivity index (χ3n) is 6.56. The lowest BCUT2D eigenvalue weighted by Gasteiger charge is -2.39. The molecule has 1 aliphatic heterocycles. The highest BCUT2D eigenvalue weighted by Crippen LogP contribution is 2.51. The maximum atomic E-state index is 13.8. The van der Waals surface area contributed by atoms with Gasteiger partial charge in [-0.2, -0.15) is 31.4 Å². The van der Waals surface area contributed by atoms with Gasteiger partial charge in [0.1, 0.15) is 5.82 Å². The molecule has 0 bridgehead atoms. The van der Waals surface area contributed by atoms with E-state index in [1.807, 2.05) is 0 Å². The number of fused-ring (bicyclic) bond motifs is 1. The number of nitrogens with zero attached hydrogens (tertiary/aromatic N) is 3. The molecule has 0 aliphatic carbocycles. The summed E-state index contributed by atoms with van der Waals surface area (Å²) >= 11 is 0. The van der Waals surface area contributed by atoms with E-state index in [0.717, 1.165) is 34.6 Å². The Morgan fingerprint density at radius 1 is 1.03 bits per heavy atom. The quantitative estimate of drug-likeness (QED) is 0.307. The summed E-state index contributed by atoms with van der Waals surface area (Å²) in [7, 11) is -4.46. The van der Waals surface area contributed by atoms with Gasteiger partial charge in [-0.15, -0.1) is 6.58 Å². The summed E-state index contributed by atoms with van der Waals surface area (Å²) < 4.78 is 124. The SMILES string of the molecule is C=CCn1nccc1CC1CCc2cc(C(O)(C(F)(F)F)C(F)(F)F)ccc2N1S(=O)(=O)c1ccc(F)cc1. The van der Waals surface area contributed by atoms with Gasteiger partial charge in [0.2, 0.25) is 0 Å². The summed E-state index contributed by atoms with van der Waals surface area (Å²) in [4.78, 5) is -0.326. The first kappa shape index (κ1) is 28.6. The van der Waals surface area contributed by atoms with Crippen LogP contribution in [0.4, 0.5) is 36.4 Å². The van der Waals surface area contributed by atoms with Crippen LogP contribution in [0.25, 0.3) is 0 Å². The highest BCUT2D eigenvalue weighted by molar-refractivity contribution is 7.92. The van der Waals surface area contributed by atoms with Gasteiger partial charge < -0.3 is 5.11 Å². The maximum Gasteiger partial charge on any atom is 0.430 e. The van der Waals surface area contributed by atoms with Crippen molar-refractivity contribution in [2.24, 2.45) is 0 Å². The Bertz CT molecular complexity index is 1450. The molecular formula is C25H22F7N3O3S. The van der Waals surface area contributed by atoms with Crippen molar-refractivity contribution in [3.63, 3.8) is 0 Å². The van der Waals surface area contributed by atoms with Crippen LogP contribution in [-0.2, 0) is 35.0 Å². The van der Waals surface area contributed by atoms with Gasteiger partial charge in [-0.1, -0.05) is 18.2 Å². The van der Waals surface area contributed by atoms with Gasteiger partial charge in [-0.25, -0.2) is 12.8 Å². The molecule has 14 heteroatoms. The number of aryl methyl sites for hydroxylation is 1. The number of aromatic nitrogens is 2. The average Bonchev–Trinajstić information content (AvgIpc) is 3.28. The summed E-state index contributed by atoms with van der Waals surface area (Å²) in [6.45, 7) is 3.95. The summed E-state index contributed by atoms with van der Waals surface area (Å²) in [6.07, 6.45) is -9.08. The van der Waals surface area contributed by atoms with Gasteiger partial charge in [-0.3, -0.25) is 8.99 Å². The Morgan fingerprint density at radius 3 is 2.26 bits per heavy atom. The van der Waals surface area contributed by atoms with Crippen molar-refractivity contribution in [1.29, 1.82) is 0 Å². The van der Waals surface area contributed by atoms with Gasteiger partial charge in [-0.05, 0) is 54.8 Å². The van der Waals surface area contributed by atoms with Crippen LogP contribution < -0.4 is 4.31 Å². The standard InChI is InChI=1S/C25H22F7N3O3S/c1-2-13-34-19(11-12-33-34)15-20-7-3-16-14-17(23(36,24(27,28)29)25(30,31)32)4-10-22(16)35(20)39(37,38)21-8-5-18(26)6-9-21/h2,4-6,8-12,14,20,36H,1,3,7,13,15H2. The van der Waals surface area contributed by atoms with Crippen molar-refractivity contribution in [2.45, 2.75) is 54.7 Å². The second-order valence-electron chi connectivity index (χ2n) is 8.99. The van der Waals surface area contributed by atoms with Crippen molar-refractivity contribution < 1.29 is 44.3 Å². The minimum atomic E-state index is -6.10. The normalized spacial score (nSPS) is 16.7. The number of halogens is 7. The van der Waals surface area contributed by atoms with E-state index in [0.29, 0.717) is 24.4 Å². The molecule has 2 heterocycles. The third-order valence-corrected chi connectivity index (χ3v) is 8.44. The minimum absolute atomic E-state index is 0.0204. The van der Waals surface area contributed by atoms with Gasteiger partial charge in [0.25, 0.3) is 15.6 Å². The number of hydrogen-bond acceptors (Lipinski definition) is 4. The van der Waals surface area contributed by atoms with E-state index in [1.54, 1.807) is 16.8 Å². The fraction of sp³-hybridized carbons (Fsp3) is 0.320. The van der Waals surface area contributed by atoms with E-state index >= 15 is 0 Å². The van der Waals surface area contributed by atoms with Crippen LogP contribution in [0.2, 0.25) is 0 Å². The first-order chi connectivity index (χ1) is 18.1. The molecule has 1 N–H and O–H groups in total. The van der Waals surface area contributed by atoms with Crippen LogP contribution in [-0.4, -0.2) is 41.7 Å². The van der Waals surface area contributed by atoms with Crippen molar-refractivity contribution in [3.8, 4) is 0 Å². The Morgan fingerprint density at radius 2 is 1.67 bits per heavy atom. The summed E-state index contributed by atoms with van der Waals surface area (Å²) in [6, 6.07) is 6.46. The Hall–Kier alpha value is -3.39. The second-order valence-corrected chi connectivity index (χ2v) is 10.8. The molecule has 3 aromatic rings. The Balaban J connectivity index is 1.86. The van der Waals surface area contributed by atoms with Crippen molar-refractivity contribution >= 4 is 15.7 Å². The molecule has 4 rings (SSSR count). The second kappa shape index (κ2) is 9.97. The lowest BCUT2D eigenvalue weighted by molar-refractivity contribution is -0.376. The van der Waals surface area contributed by atoms with Crippen molar-refractivity contribution in [2.75, 3.05) is 4.31 Å². The number of allylic oxidation sites excluding steroid dienone is 1. The van der Waals surface area contributed by atoms with Gasteiger partial charge in [0.05, 0.1) is 23.2 Å². The molecule has 1 unspecified atom stereocenters. The molecule has 2 aromatic carbocycles. The molecule has 0 spiro atoms. The molecule has 0 amide bonds. The molecule has 210 valence electrons. The van der Waals surface area contributed by atoms with Crippen molar-refractivity contribution in [1.82, 2.24) is 9.78 Å². The van der Waals surface area contributed by atoms with E-state index < -0.39 is 45.4 Å².